The Kier molecular flexibility index (Phi) is 29.6. The van der Waals surface area contributed by atoms with Gasteiger partial charge in [-0.15, -0.1) is 0 Å². The molecule has 46 heavy (non-hydrogen) atoms. The first-order valence-corrected chi connectivity index (χ1v) is 17.0. The lowest BCUT2D eigenvalue weighted by Crippen LogP contribution is -2.36. The number of hydrogen-bond donors (Lipinski definition) is 3. The molecule has 0 spiro atoms. The summed E-state index contributed by atoms with van der Waals surface area (Å²) in [5.74, 6) is 0.202. The molecule has 1 unspecified atom stereocenters. The summed E-state index contributed by atoms with van der Waals surface area (Å²) in [6.07, 6.45) is 0. The van der Waals surface area contributed by atoms with Crippen LogP contribution in [0, 0.1) is 37.9 Å². The van der Waals surface area contributed by atoms with E-state index in [0.717, 1.165) is 5.71 Å². The second kappa shape index (κ2) is 24.2. The molecule has 0 bridgehead atoms. The fourth-order valence-electron chi connectivity index (χ4n) is 1.79. The third-order valence-corrected chi connectivity index (χ3v) is 4.16. The Morgan fingerprint density at radius 3 is 0.957 bits per heavy atom. The zero-order chi connectivity index (χ0) is 39.3. The third kappa shape index (κ3) is 57.6. The number of carbonyl (C=O) groups is 2. The minimum absolute atomic E-state index is 0.0833. The van der Waals surface area contributed by atoms with E-state index < -0.39 is 0 Å². The number of para-hydroxylation sites is 1. The lowest BCUT2D eigenvalue weighted by atomic mass is 9.86. The number of carbonyl (C=O) groups excluding carboxylic acids is 2. The fourth-order valence-corrected chi connectivity index (χ4v) is 1.79. The molecule has 0 heterocycles. The Hall–Kier alpha value is -2.01. The molecule has 1 atom stereocenters. The van der Waals surface area contributed by atoms with Gasteiger partial charge in [-0.05, 0) is 47.6 Å². The van der Waals surface area contributed by atoms with Crippen molar-refractivity contribution in [1.29, 1.82) is 5.41 Å². The Morgan fingerprint density at radius 1 is 0.587 bits per heavy atom. The van der Waals surface area contributed by atoms with Gasteiger partial charge in [0.05, 0.1) is 6.04 Å². The number of benzene rings is 1. The van der Waals surface area contributed by atoms with Crippen LogP contribution in [0.3, 0.4) is 0 Å². The van der Waals surface area contributed by atoms with Crippen molar-refractivity contribution < 1.29 is 9.59 Å². The molecule has 0 fully saturated rings. The van der Waals surface area contributed by atoms with E-state index in [4.69, 9.17) is 16.9 Å². The predicted octanol–water partition coefficient (Wildman–Crippen LogP) is 12.7. The molecule has 5 heteroatoms. The van der Waals surface area contributed by atoms with E-state index in [1.165, 1.54) is 0 Å². The minimum atomic E-state index is -0.366. The number of nitrogen functional groups attached to an aromatic ring is 1. The molecule has 276 valence electrons. The van der Waals surface area contributed by atoms with Crippen molar-refractivity contribution in [1.82, 2.24) is 0 Å². The highest BCUT2D eigenvalue weighted by atomic mass is 16.1. The van der Waals surface area contributed by atoms with Gasteiger partial charge in [0, 0.05) is 27.8 Å². The van der Waals surface area contributed by atoms with E-state index in [2.05, 4.69) is 83.1 Å². The van der Waals surface area contributed by atoms with Gasteiger partial charge in [0.25, 0.3) is 0 Å². The van der Waals surface area contributed by atoms with Crippen LogP contribution < -0.4 is 11.5 Å². The number of hydrogen-bond acceptors (Lipinski definition) is 5. The van der Waals surface area contributed by atoms with Gasteiger partial charge in [0.1, 0.15) is 0 Å². The van der Waals surface area contributed by atoms with Gasteiger partial charge in [0.2, 0.25) is 0 Å². The molecule has 0 saturated carbocycles. The maximum atomic E-state index is 11.8. The molecular weight excluding hydrogens is 566 g/mol. The largest absolute Gasteiger partial charge is 0.398 e. The standard InChI is InChI=1S/C11H15NO.C7H15NO.C6H13N.3C5H12.C2H6/c1-11(2,3)10(13)8-6-4-5-7-9(8)12;1-5(8)6(9)7(2,3)4;1-5(7)6(2,3)4;3*1-5(2,3)4;1-2/h4-7H,12H2,1-3H3;5H,8H2,1-4H3;7H,1-4H3;3*1-4H3;1-2H3. The second-order valence-corrected chi connectivity index (χ2v) is 19.4. The molecule has 1 rings (SSSR count). The summed E-state index contributed by atoms with van der Waals surface area (Å²) in [7, 11) is 0. The molecule has 0 amide bonds. The summed E-state index contributed by atoms with van der Waals surface area (Å²) < 4.78 is 0. The van der Waals surface area contributed by atoms with Gasteiger partial charge in [-0.1, -0.05) is 171 Å². The van der Waals surface area contributed by atoms with Gasteiger partial charge in [-0.3, -0.25) is 9.59 Å². The SMILES string of the molecule is CC.CC(=N)C(C)(C)C.CC(C)(C)C.CC(C)(C)C.CC(C)(C)C.CC(C)(C)C(=O)c1ccccc1N.CC(N)C(=O)C(C)(C)C. The van der Waals surface area contributed by atoms with Gasteiger partial charge in [-0.2, -0.15) is 0 Å². The summed E-state index contributed by atoms with van der Waals surface area (Å²) in [4.78, 5) is 22.8. The van der Waals surface area contributed by atoms with E-state index >= 15 is 0 Å². The third-order valence-electron chi connectivity index (χ3n) is 4.16. The smallest absolute Gasteiger partial charge is 0.170 e. The summed E-state index contributed by atoms with van der Waals surface area (Å²) in [5, 5.41) is 7.15. The Morgan fingerprint density at radius 2 is 0.826 bits per heavy atom. The van der Waals surface area contributed by atoms with Crippen LogP contribution in [0.1, 0.15) is 183 Å². The summed E-state index contributed by atoms with van der Waals surface area (Å²) in [6.45, 7) is 51.2. The summed E-state index contributed by atoms with van der Waals surface area (Å²) in [5.41, 5.74) is 13.9. The number of nitrogens with two attached hydrogens (primary N) is 2. The highest BCUT2D eigenvalue weighted by Gasteiger charge is 2.24. The molecule has 0 aliphatic rings. The molecule has 0 saturated heterocycles. The number of anilines is 1. The molecule has 0 aromatic heterocycles. The highest BCUT2D eigenvalue weighted by Crippen LogP contribution is 2.24. The van der Waals surface area contributed by atoms with Crippen molar-refractivity contribution >= 4 is 23.0 Å². The predicted molar refractivity (Wildman–Crippen MR) is 212 cm³/mol. The molecular formula is C41H85N3O2. The molecule has 5 nitrogen and oxygen atoms in total. The van der Waals surface area contributed by atoms with Gasteiger partial charge in [0.15, 0.2) is 11.6 Å². The highest BCUT2D eigenvalue weighted by molar-refractivity contribution is 6.03. The number of nitrogens with one attached hydrogen (secondary N) is 1. The van der Waals surface area contributed by atoms with Crippen LogP contribution in [0.25, 0.3) is 0 Å². The molecule has 0 radical (unpaired) electrons. The van der Waals surface area contributed by atoms with Crippen LogP contribution in [0.4, 0.5) is 5.69 Å². The van der Waals surface area contributed by atoms with Crippen LogP contribution in [0.2, 0.25) is 0 Å². The molecule has 0 aliphatic carbocycles. The molecule has 0 aliphatic heterocycles. The zero-order valence-corrected chi connectivity index (χ0v) is 35.9. The van der Waals surface area contributed by atoms with Crippen molar-refractivity contribution in [2.45, 2.75) is 179 Å². The van der Waals surface area contributed by atoms with Crippen LogP contribution in [-0.2, 0) is 4.79 Å². The van der Waals surface area contributed by atoms with Crippen LogP contribution >= 0.6 is 0 Å². The lowest BCUT2D eigenvalue weighted by Gasteiger charge is -2.18. The maximum absolute atomic E-state index is 11.8. The average Bonchev–Trinajstić information content (AvgIpc) is 2.75. The van der Waals surface area contributed by atoms with Crippen LogP contribution in [0.15, 0.2) is 24.3 Å². The van der Waals surface area contributed by atoms with Gasteiger partial charge in [-0.25, -0.2) is 0 Å². The normalized spacial score (nSPS) is 12.0. The first-order valence-electron chi connectivity index (χ1n) is 17.0. The number of rotatable bonds is 2. The van der Waals surface area contributed by atoms with Crippen molar-refractivity contribution in [2.24, 2.45) is 38.2 Å². The van der Waals surface area contributed by atoms with E-state index in [1.54, 1.807) is 19.1 Å². The molecule has 5 N–H and O–H groups in total. The fraction of sp³-hybridized carbons (Fsp3) is 0.780. The topological polar surface area (TPSA) is 110 Å². The van der Waals surface area contributed by atoms with E-state index in [1.807, 2.05) is 95.2 Å². The van der Waals surface area contributed by atoms with Gasteiger partial charge < -0.3 is 16.9 Å². The maximum Gasteiger partial charge on any atom is 0.170 e. The first kappa shape index (κ1) is 56.3. The Labute approximate surface area is 290 Å². The molecule has 1 aromatic rings. The van der Waals surface area contributed by atoms with E-state index in [-0.39, 0.29) is 33.9 Å². The summed E-state index contributed by atoms with van der Waals surface area (Å²) in [6, 6.07) is 6.84. The lowest BCUT2D eigenvalue weighted by molar-refractivity contribution is -0.127. The first-order chi connectivity index (χ1) is 19.7. The van der Waals surface area contributed by atoms with Crippen LogP contribution in [-0.4, -0.2) is 23.3 Å². The minimum Gasteiger partial charge on any atom is -0.398 e. The van der Waals surface area contributed by atoms with E-state index in [0.29, 0.717) is 27.5 Å². The van der Waals surface area contributed by atoms with Crippen molar-refractivity contribution in [3.8, 4) is 0 Å². The van der Waals surface area contributed by atoms with E-state index in [9.17, 15) is 9.59 Å². The second-order valence-electron chi connectivity index (χ2n) is 19.4. The Balaban J connectivity index is -0.000000108. The van der Waals surface area contributed by atoms with Crippen molar-refractivity contribution in [3.05, 3.63) is 29.8 Å². The van der Waals surface area contributed by atoms with Crippen molar-refractivity contribution in [2.75, 3.05) is 5.73 Å². The van der Waals surface area contributed by atoms with Gasteiger partial charge >= 0.3 is 0 Å². The zero-order valence-electron chi connectivity index (χ0n) is 35.9. The van der Waals surface area contributed by atoms with Crippen molar-refractivity contribution in [3.63, 3.8) is 0 Å². The van der Waals surface area contributed by atoms with Crippen LogP contribution in [0.5, 0.6) is 0 Å². The molecule has 1 aromatic carbocycles. The Bertz CT molecular complexity index is 886. The summed E-state index contributed by atoms with van der Waals surface area (Å²) >= 11 is 0. The number of ketones is 2. The number of Topliss-reactive ketones (excluding diaryl/α,β-unsaturated/α-hetero) is 2. The average molecular weight is 652 g/mol. The quantitative estimate of drug-likeness (QED) is 0.168. The monoisotopic (exact) mass is 652 g/mol.